The molecule has 7 heteroatoms. The Labute approximate surface area is 108 Å². The number of imidazole rings is 1. The quantitative estimate of drug-likeness (QED) is 0.658. The summed E-state index contributed by atoms with van der Waals surface area (Å²) in [7, 11) is 0. The molecular weight excluding hydrogens is 256 g/mol. The number of para-hydroxylation sites is 1. The lowest BCUT2D eigenvalue weighted by molar-refractivity contribution is -0.383. The summed E-state index contributed by atoms with van der Waals surface area (Å²) in [6, 6.07) is 4.58. The molecule has 6 nitrogen and oxygen atoms in total. The van der Waals surface area contributed by atoms with Crippen molar-refractivity contribution in [1.82, 2.24) is 9.97 Å². The monoisotopic (exact) mass is 266 g/mol. The van der Waals surface area contributed by atoms with E-state index in [1.807, 2.05) is 6.92 Å². The number of aromatic amines is 1. The highest BCUT2D eigenvalue weighted by molar-refractivity contribution is 6.33. The maximum atomic E-state index is 11.0. The maximum Gasteiger partial charge on any atom is 0.310 e. The van der Waals surface area contributed by atoms with Crippen molar-refractivity contribution in [2.45, 2.75) is 13.0 Å². The van der Waals surface area contributed by atoms with Crippen molar-refractivity contribution >= 4 is 23.0 Å². The van der Waals surface area contributed by atoms with E-state index in [4.69, 9.17) is 11.6 Å². The molecule has 1 heterocycles. The zero-order valence-electron chi connectivity index (χ0n) is 9.55. The Bertz CT molecular complexity index is 556. The van der Waals surface area contributed by atoms with Crippen molar-refractivity contribution in [2.24, 2.45) is 0 Å². The Morgan fingerprint density at radius 1 is 1.56 bits per heavy atom. The van der Waals surface area contributed by atoms with Gasteiger partial charge in [-0.1, -0.05) is 17.7 Å². The number of halogens is 1. The van der Waals surface area contributed by atoms with Gasteiger partial charge in [-0.3, -0.25) is 10.1 Å². The molecule has 1 aromatic carbocycles. The molecule has 0 aliphatic rings. The van der Waals surface area contributed by atoms with E-state index in [-0.39, 0.29) is 16.8 Å². The van der Waals surface area contributed by atoms with E-state index < -0.39 is 4.92 Å². The van der Waals surface area contributed by atoms with Crippen LogP contribution in [-0.4, -0.2) is 14.9 Å². The second-order valence-corrected chi connectivity index (χ2v) is 4.14. The van der Waals surface area contributed by atoms with Gasteiger partial charge in [-0.2, -0.15) is 0 Å². The van der Waals surface area contributed by atoms with Gasteiger partial charge in [0, 0.05) is 12.4 Å². The zero-order valence-corrected chi connectivity index (χ0v) is 10.3. The highest BCUT2D eigenvalue weighted by atomic mass is 35.5. The van der Waals surface area contributed by atoms with Crippen molar-refractivity contribution in [3.63, 3.8) is 0 Å². The third-order valence-electron chi connectivity index (χ3n) is 2.47. The van der Waals surface area contributed by atoms with Crippen LogP contribution in [0.15, 0.2) is 30.6 Å². The molecule has 0 aliphatic heterocycles. The molecule has 0 saturated heterocycles. The average molecular weight is 267 g/mol. The Morgan fingerprint density at radius 3 is 2.94 bits per heavy atom. The van der Waals surface area contributed by atoms with Crippen molar-refractivity contribution < 1.29 is 4.92 Å². The summed E-state index contributed by atoms with van der Waals surface area (Å²) in [5, 5.41) is 14.1. The van der Waals surface area contributed by atoms with E-state index in [2.05, 4.69) is 15.3 Å². The van der Waals surface area contributed by atoms with Gasteiger partial charge in [0.2, 0.25) is 0 Å². The summed E-state index contributed by atoms with van der Waals surface area (Å²) in [4.78, 5) is 17.5. The number of hydrogen-bond acceptors (Lipinski definition) is 4. The SMILES string of the molecule is CC(Nc1cccc(Cl)c1[N+](=O)[O-])c1ncc[nH]1. The largest absolute Gasteiger partial charge is 0.370 e. The lowest BCUT2D eigenvalue weighted by atomic mass is 10.2. The van der Waals surface area contributed by atoms with E-state index in [0.29, 0.717) is 11.5 Å². The second-order valence-electron chi connectivity index (χ2n) is 3.73. The highest BCUT2D eigenvalue weighted by Crippen LogP contribution is 2.33. The van der Waals surface area contributed by atoms with Crippen LogP contribution in [0, 0.1) is 10.1 Å². The first-order valence-corrected chi connectivity index (χ1v) is 5.66. The second kappa shape index (κ2) is 5.05. The van der Waals surface area contributed by atoms with Gasteiger partial charge in [-0.15, -0.1) is 0 Å². The number of rotatable bonds is 4. The van der Waals surface area contributed by atoms with E-state index in [9.17, 15) is 10.1 Å². The minimum absolute atomic E-state index is 0.108. The summed E-state index contributed by atoms with van der Waals surface area (Å²) in [5.74, 6) is 0.698. The number of benzene rings is 1. The molecule has 1 atom stereocenters. The van der Waals surface area contributed by atoms with Gasteiger partial charge in [0.15, 0.2) is 0 Å². The number of hydrogen-bond donors (Lipinski definition) is 2. The van der Waals surface area contributed by atoms with Crippen LogP contribution in [-0.2, 0) is 0 Å². The molecule has 0 fully saturated rings. The topological polar surface area (TPSA) is 83.8 Å². The smallest absolute Gasteiger partial charge is 0.310 e. The van der Waals surface area contributed by atoms with Crippen LogP contribution in [0.3, 0.4) is 0 Å². The Morgan fingerprint density at radius 2 is 2.33 bits per heavy atom. The van der Waals surface area contributed by atoms with Crippen molar-refractivity contribution in [3.8, 4) is 0 Å². The average Bonchev–Trinajstić information content (AvgIpc) is 2.81. The van der Waals surface area contributed by atoms with E-state index in [0.717, 1.165) is 0 Å². The predicted octanol–water partition coefficient (Wildman–Crippen LogP) is 3.14. The number of nitrogens with zero attached hydrogens (tertiary/aromatic N) is 2. The Kier molecular flexibility index (Phi) is 3.47. The number of nitrogens with one attached hydrogen (secondary N) is 2. The minimum Gasteiger partial charge on any atom is -0.370 e. The molecule has 94 valence electrons. The number of nitro groups is 1. The van der Waals surface area contributed by atoms with E-state index in [1.165, 1.54) is 6.07 Å². The van der Waals surface area contributed by atoms with Gasteiger partial charge in [-0.05, 0) is 19.1 Å². The van der Waals surface area contributed by atoms with Crippen LogP contribution in [0.5, 0.6) is 0 Å². The lowest BCUT2D eigenvalue weighted by Crippen LogP contribution is -2.10. The Balaban J connectivity index is 2.29. The molecule has 1 unspecified atom stereocenters. The number of aromatic nitrogens is 2. The summed E-state index contributed by atoms with van der Waals surface area (Å²) in [6.07, 6.45) is 3.32. The fourth-order valence-corrected chi connectivity index (χ4v) is 1.88. The summed E-state index contributed by atoms with van der Waals surface area (Å²) >= 11 is 5.83. The van der Waals surface area contributed by atoms with Gasteiger partial charge in [0.05, 0.1) is 11.0 Å². The summed E-state index contributed by atoms with van der Waals surface area (Å²) in [6.45, 7) is 1.85. The summed E-state index contributed by atoms with van der Waals surface area (Å²) in [5.41, 5.74) is 0.244. The zero-order chi connectivity index (χ0) is 13.1. The van der Waals surface area contributed by atoms with Gasteiger partial charge in [0.1, 0.15) is 16.5 Å². The van der Waals surface area contributed by atoms with Gasteiger partial charge in [-0.25, -0.2) is 4.98 Å². The fourth-order valence-electron chi connectivity index (χ4n) is 1.63. The minimum atomic E-state index is -0.500. The van der Waals surface area contributed by atoms with Gasteiger partial charge >= 0.3 is 5.69 Å². The van der Waals surface area contributed by atoms with Crippen LogP contribution in [0.1, 0.15) is 18.8 Å². The normalized spacial score (nSPS) is 12.1. The van der Waals surface area contributed by atoms with E-state index >= 15 is 0 Å². The molecule has 2 aromatic rings. The lowest BCUT2D eigenvalue weighted by Gasteiger charge is -2.13. The summed E-state index contributed by atoms with van der Waals surface area (Å²) < 4.78 is 0. The number of H-pyrrole nitrogens is 1. The molecule has 2 rings (SSSR count). The molecule has 2 N–H and O–H groups in total. The highest BCUT2D eigenvalue weighted by Gasteiger charge is 2.20. The number of anilines is 1. The van der Waals surface area contributed by atoms with E-state index in [1.54, 1.807) is 24.5 Å². The number of nitro benzene ring substituents is 1. The van der Waals surface area contributed by atoms with Crippen LogP contribution < -0.4 is 5.32 Å². The molecule has 18 heavy (non-hydrogen) atoms. The molecular formula is C11H11ClN4O2. The molecule has 0 radical (unpaired) electrons. The van der Waals surface area contributed by atoms with Crippen LogP contribution in [0.25, 0.3) is 0 Å². The van der Waals surface area contributed by atoms with Crippen molar-refractivity contribution in [2.75, 3.05) is 5.32 Å². The first-order chi connectivity index (χ1) is 8.59. The third kappa shape index (κ3) is 2.43. The van der Waals surface area contributed by atoms with Crippen molar-refractivity contribution in [1.29, 1.82) is 0 Å². The molecule has 0 spiro atoms. The first kappa shape index (κ1) is 12.4. The molecule has 0 bridgehead atoms. The van der Waals surface area contributed by atoms with Gasteiger partial charge < -0.3 is 10.3 Å². The molecule has 1 aromatic heterocycles. The standard InChI is InChI=1S/C11H11ClN4O2/c1-7(11-13-5-6-14-11)15-9-4-2-3-8(12)10(9)16(17)18/h2-7,15H,1H3,(H,13,14). The molecule has 0 amide bonds. The third-order valence-corrected chi connectivity index (χ3v) is 2.78. The van der Waals surface area contributed by atoms with Gasteiger partial charge in [0.25, 0.3) is 0 Å². The molecule has 0 saturated carbocycles. The van der Waals surface area contributed by atoms with Crippen LogP contribution >= 0.6 is 11.6 Å². The first-order valence-electron chi connectivity index (χ1n) is 5.28. The predicted molar refractivity (Wildman–Crippen MR) is 68.7 cm³/mol. The van der Waals surface area contributed by atoms with Crippen LogP contribution in [0.2, 0.25) is 5.02 Å². The molecule has 0 aliphatic carbocycles. The maximum absolute atomic E-state index is 11.0. The van der Waals surface area contributed by atoms with Crippen molar-refractivity contribution in [3.05, 3.63) is 51.6 Å². The van der Waals surface area contributed by atoms with Crippen LogP contribution in [0.4, 0.5) is 11.4 Å². The fraction of sp³-hybridized carbons (Fsp3) is 0.182. The Hall–Kier alpha value is -2.08.